The molecule has 3 unspecified atom stereocenters. The van der Waals surface area contributed by atoms with E-state index < -0.39 is 10.8 Å². The summed E-state index contributed by atoms with van der Waals surface area (Å²) >= 11 is 5.91. The smallest absolute Gasteiger partial charge is 0.0592 e. The van der Waals surface area contributed by atoms with Gasteiger partial charge in [0.25, 0.3) is 0 Å². The Morgan fingerprint density at radius 1 is 1.14 bits per heavy atom. The van der Waals surface area contributed by atoms with Crippen molar-refractivity contribution in [1.82, 2.24) is 5.32 Å². The third-order valence-corrected chi connectivity index (χ3v) is 6.14. The number of benzene rings is 2. The second-order valence-electron chi connectivity index (χ2n) is 5.29. The van der Waals surface area contributed by atoms with Crippen molar-refractivity contribution in [2.24, 2.45) is 0 Å². The highest BCUT2D eigenvalue weighted by atomic mass is 35.5. The van der Waals surface area contributed by atoms with Gasteiger partial charge in [-0.2, -0.15) is 0 Å². The van der Waals surface area contributed by atoms with Gasteiger partial charge in [0, 0.05) is 16.0 Å². The molecule has 0 aliphatic heterocycles. The van der Waals surface area contributed by atoms with Crippen LogP contribution < -0.4 is 5.32 Å². The zero-order chi connectivity index (χ0) is 14.8. The highest BCUT2D eigenvalue weighted by Gasteiger charge is 2.32. The number of rotatable bonds is 3. The standard InChI is InChI=1S/C17H18ClNOS/c1-19-17-15-5-3-2-4-12(15)6-11-16(17)21(20)14-9-7-13(18)8-10-14/h2-5,7-10,16-17,19H,6,11H2,1H3. The number of aryl methyl sites for hydroxylation is 1. The Labute approximate surface area is 133 Å². The van der Waals surface area contributed by atoms with Crippen LogP contribution >= 0.6 is 11.6 Å². The fourth-order valence-electron chi connectivity index (χ4n) is 3.05. The third kappa shape index (κ3) is 2.91. The van der Waals surface area contributed by atoms with Crippen LogP contribution in [0.25, 0.3) is 0 Å². The summed E-state index contributed by atoms with van der Waals surface area (Å²) in [6.07, 6.45) is 1.91. The molecule has 2 aromatic rings. The molecule has 21 heavy (non-hydrogen) atoms. The molecule has 1 aliphatic carbocycles. The van der Waals surface area contributed by atoms with Gasteiger partial charge in [0.2, 0.25) is 0 Å². The number of halogens is 1. The van der Waals surface area contributed by atoms with E-state index in [1.807, 2.05) is 19.2 Å². The number of nitrogens with one attached hydrogen (secondary N) is 1. The minimum Gasteiger partial charge on any atom is -0.312 e. The summed E-state index contributed by atoms with van der Waals surface area (Å²) in [7, 11) is 0.907. The Bertz CT molecular complexity index is 656. The molecule has 1 aliphatic rings. The van der Waals surface area contributed by atoms with Crippen molar-refractivity contribution >= 4 is 22.4 Å². The molecular formula is C17H18ClNOS. The maximum Gasteiger partial charge on any atom is 0.0592 e. The van der Waals surface area contributed by atoms with Crippen molar-refractivity contribution in [3.05, 3.63) is 64.7 Å². The Morgan fingerprint density at radius 3 is 2.57 bits per heavy atom. The van der Waals surface area contributed by atoms with Crippen molar-refractivity contribution in [3.8, 4) is 0 Å². The van der Waals surface area contributed by atoms with E-state index in [0.717, 1.165) is 17.7 Å². The van der Waals surface area contributed by atoms with Gasteiger partial charge in [0.1, 0.15) is 0 Å². The molecule has 0 bridgehead atoms. The Kier molecular flexibility index (Phi) is 4.43. The summed E-state index contributed by atoms with van der Waals surface area (Å²) in [6.45, 7) is 0. The lowest BCUT2D eigenvalue weighted by Gasteiger charge is -2.32. The second-order valence-corrected chi connectivity index (χ2v) is 7.40. The van der Waals surface area contributed by atoms with E-state index in [9.17, 15) is 4.21 Å². The van der Waals surface area contributed by atoms with Gasteiger partial charge in [0.05, 0.1) is 16.0 Å². The molecule has 110 valence electrons. The second kappa shape index (κ2) is 6.30. The zero-order valence-electron chi connectivity index (χ0n) is 11.9. The molecule has 1 N–H and O–H groups in total. The fourth-order valence-corrected chi connectivity index (χ4v) is 4.79. The molecule has 0 saturated carbocycles. The first-order valence-electron chi connectivity index (χ1n) is 7.12. The largest absolute Gasteiger partial charge is 0.312 e. The predicted molar refractivity (Wildman–Crippen MR) is 88.2 cm³/mol. The van der Waals surface area contributed by atoms with E-state index in [2.05, 4.69) is 29.6 Å². The average Bonchev–Trinajstić information content (AvgIpc) is 2.53. The lowest BCUT2D eigenvalue weighted by atomic mass is 9.87. The van der Waals surface area contributed by atoms with Gasteiger partial charge in [-0.05, 0) is 55.3 Å². The molecule has 0 radical (unpaired) electrons. The predicted octanol–water partition coefficient (Wildman–Crippen LogP) is 3.72. The molecule has 3 rings (SSSR count). The van der Waals surface area contributed by atoms with Crippen molar-refractivity contribution in [1.29, 1.82) is 0 Å². The molecule has 0 fully saturated rings. The summed E-state index contributed by atoms with van der Waals surface area (Å²) in [5.74, 6) is 0. The maximum absolute atomic E-state index is 12.9. The van der Waals surface area contributed by atoms with E-state index in [1.54, 1.807) is 12.1 Å². The molecule has 4 heteroatoms. The van der Waals surface area contributed by atoms with Gasteiger partial charge in [-0.25, -0.2) is 0 Å². The van der Waals surface area contributed by atoms with Gasteiger partial charge < -0.3 is 5.32 Å². The molecule has 2 aromatic carbocycles. The summed E-state index contributed by atoms with van der Waals surface area (Å²) < 4.78 is 12.9. The van der Waals surface area contributed by atoms with E-state index in [1.165, 1.54) is 11.1 Å². The monoisotopic (exact) mass is 319 g/mol. The molecule has 0 aromatic heterocycles. The van der Waals surface area contributed by atoms with Crippen LogP contribution in [0.4, 0.5) is 0 Å². The topological polar surface area (TPSA) is 29.1 Å². The van der Waals surface area contributed by atoms with Crippen LogP contribution in [-0.4, -0.2) is 16.5 Å². The van der Waals surface area contributed by atoms with Crippen LogP contribution in [-0.2, 0) is 17.2 Å². The third-order valence-electron chi connectivity index (χ3n) is 4.09. The van der Waals surface area contributed by atoms with Crippen LogP contribution in [0.3, 0.4) is 0 Å². The van der Waals surface area contributed by atoms with E-state index in [0.29, 0.717) is 5.02 Å². The quantitative estimate of drug-likeness (QED) is 0.934. The zero-order valence-corrected chi connectivity index (χ0v) is 13.5. The van der Waals surface area contributed by atoms with Crippen LogP contribution in [0.1, 0.15) is 23.6 Å². The minimum atomic E-state index is -1.04. The summed E-state index contributed by atoms with van der Waals surface area (Å²) in [5, 5.41) is 4.12. The Balaban J connectivity index is 1.92. The lowest BCUT2D eigenvalue weighted by molar-refractivity contribution is 0.497. The first kappa shape index (κ1) is 14.8. The number of fused-ring (bicyclic) bond motifs is 1. The molecule has 0 heterocycles. The highest BCUT2D eigenvalue weighted by Crippen LogP contribution is 2.34. The van der Waals surface area contributed by atoms with E-state index in [-0.39, 0.29) is 11.3 Å². The number of hydrogen-bond acceptors (Lipinski definition) is 2. The van der Waals surface area contributed by atoms with Crippen LogP contribution in [0, 0.1) is 0 Å². The van der Waals surface area contributed by atoms with Gasteiger partial charge in [-0.1, -0.05) is 35.9 Å². The van der Waals surface area contributed by atoms with Crippen molar-refractivity contribution in [2.45, 2.75) is 29.0 Å². The van der Waals surface area contributed by atoms with Crippen molar-refractivity contribution in [2.75, 3.05) is 7.05 Å². The van der Waals surface area contributed by atoms with Crippen LogP contribution in [0.15, 0.2) is 53.4 Å². The minimum absolute atomic E-state index is 0.0890. The van der Waals surface area contributed by atoms with Gasteiger partial charge in [0.15, 0.2) is 0 Å². The SMILES string of the molecule is CNC1c2ccccc2CCC1S(=O)c1ccc(Cl)cc1. The average molecular weight is 320 g/mol. The summed E-state index contributed by atoms with van der Waals surface area (Å²) in [5.41, 5.74) is 2.64. The van der Waals surface area contributed by atoms with Gasteiger partial charge in [-0.15, -0.1) is 0 Å². The normalized spacial score (nSPS) is 22.6. The first-order chi connectivity index (χ1) is 10.2. The summed E-state index contributed by atoms with van der Waals surface area (Å²) in [6, 6.07) is 15.9. The molecule has 2 nitrogen and oxygen atoms in total. The highest BCUT2D eigenvalue weighted by molar-refractivity contribution is 7.85. The van der Waals surface area contributed by atoms with Gasteiger partial charge in [-0.3, -0.25) is 4.21 Å². The summed E-state index contributed by atoms with van der Waals surface area (Å²) in [4.78, 5) is 0.851. The molecule has 0 saturated heterocycles. The molecule has 3 atom stereocenters. The van der Waals surface area contributed by atoms with Gasteiger partial charge >= 0.3 is 0 Å². The lowest BCUT2D eigenvalue weighted by Crippen LogP contribution is -2.36. The van der Waals surface area contributed by atoms with Crippen molar-refractivity contribution in [3.63, 3.8) is 0 Å². The van der Waals surface area contributed by atoms with Crippen LogP contribution in [0.5, 0.6) is 0 Å². The first-order valence-corrected chi connectivity index (χ1v) is 8.71. The van der Waals surface area contributed by atoms with Crippen LogP contribution in [0.2, 0.25) is 5.02 Å². The number of hydrogen-bond donors (Lipinski definition) is 1. The Hall–Kier alpha value is -1.16. The Morgan fingerprint density at radius 2 is 1.86 bits per heavy atom. The fraction of sp³-hybridized carbons (Fsp3) is 0.294. The molecular weight excluding hydrogens is 302 g/mol. The van der Waals surface area contributed by atoms with E-state index in [4.69, 9.17) is 11.6 Å². The molecule has 0 amide bonds. The van der Waals surface area contributed by atoms with E-state index >= 15 is 0 Å². The maximum atomic E-state index is 12.9. The molecule has 0 spiro atoms. The van der Waals surface area contributed by atoms with Crippen molar-refractivity contribution < 1.29 is 4.21 Å².